The van der Waals surface area contributed by atoms with Crippen LogP contribution >= 0.6 is 11.5 Å². The van der Waals surface area contributed by atoms with Crippen molar-refractivity contribution >= 4 is 11.5 Å². The molecule has 2 rings (SSSR count). The molecule has 1 aromatic heterocycles. The third kappa shape index (κ3) is 2.60. The zero-order valence-corrected chi connectivity index (χ0v) is 11.7. The van der Waals surface area contributed by atoms with Gasteiger partial charge in [-0.15, -0.1) is 5.10 Å². The number of hydrogen-bond donors (Lipinski definition) is 1. The lowest BCUT2D eigenvalue weighted by Crippen LogP contribution is -2.02. The third-order valence-corrected chi connectivity index (χ3v) is 3.83. The van der Waals surface area contributed by atoms with Crippen molar-refractivity contribution in [1.82, 2.24) is 9.59 Å². The Kier molecular flexibility index (Phi) is 4.09. The number of aromatic nitrogens is 2. The minimum Gasteiger partial charge on any atom is -0.383 e. The minimum absolute atomic E-state index is 0.281. The van der Waals surface area contributed by atoms with Crippen LogP contribution in [0, 0.1) is 0 Å². The van der Waals surface area contributed by atoms with Gasteiger partial charge >= 0.3 is 0 Å². The summed E-state index contributed by atoms with van der Waals surface area (Å²) in [7, 11) is 0. The topological polar surface area (TPSA) is 46.0 Å². The van der Waals surface area contributed by atoms with Gasteiger partial charge in [0.25, 0.3) is 0 Å². The molecule has 0 bridgehead atoms. The maximum atomic E-state index is 10.4. The average Bonchev–Trinajstić information content (AvgIpc) is 2.87. The number of nitrogens with zero attached hydrogens (tertiary/aromatic N) is 2. The summed E-state index contributed by atoms with van der Waals surface area (Å²) in [6.07, 6.45) is 0.392. The number of aryl methyl sites for hydroxylation is 1. The van der Waals surface area contributed by atoms with Gasteiger partial charge in [-0.25, -0.2) is 0 Å². The Labute approximate surface area is 112 Å². The van der Waals surface area contributed by atoms with Gasteiger partial charge in [0.05, 0.1) is 10.6 Å². The van der Waals surface area contributed by atoms with Crippen LogP contribution in [0.5, 0.6) is 0 Å². The van der Waals surface area contributed by atoms with E-state index in [2.05, 4.69) is 42.5 Å². The van der Waals surface area contributed by atoms with E-state index in [0.29, 0.717) is 0 Å². The van der Waals surface area contributed by atoms with E-state index >= 15 is 0 Å². The van der Waals surface area contributed by atoms with Crippen LogP contribution in [0.4, 0.5) is 0 Å². The van der Waals surface area contributed by atoms with Gasteiger partial charge < -0.3 is 5.11 Å². The van der Waals surface area contributed by atoms with Crippen LogP contribution in [0.25, 0.3) is 0 Å². The summed E-state index contributed by atoms with van der Waals surface area (Å²) in [5.41, 5.74) is 3.07. The molecule has 0 aliphatic heterocycles. The van der Waals surface area contributed by atoms with E-state index in [1.165, 1.54) is 17.1 Å². The van der Waals surface area contributed by atoms with Crippen molar-refractivity contribution in [2.24, 2.45) is 0 Å². The quantitative estimate of drug-likeness (QED) is 0.919. The van der Waals surface area contributed by atoms with Gasteiger partial charge in [0.15, 0.2) is 0 Å². The zero-order chi connectivity index (χ0) is 13.1. The highest BCUT2D eigenvalue weighted by atomic mass is 32.1. The van der Waals surface area contributed by atoms with E-state index in [-0.39, 0.29) is 5.92 Å². The van der Waals surface area contributed by atoms with Crippen LogP contribution in [0.15, 0.2) is 24.3 Å². The lowest BCUT2D eigenvalue weighted by Gasteiger charge is -2.12. The highest BCUT2D eigenvalue weighted by molar-refractivity contribution is 7.05. The molecule has 0 aliphatic rings. The fraction of sp³-hybridized carbons (Fsp3) is 0.429. The van der Waals surface area contributed by atoms with Gasteiger partial charge in [-0.05, 0) is 35.0 Å². The van der Waals surface area contributed by atoms with E-state index in [1.807, 2.05) is 12.1 Å². The van der Waals surface area contributed by atoms with E-state index < -0.39 is 6.10 Å². The molecule has 3 nitrogen and oxygen atoms in total. The molecule has 18 heavy (non-hydrogen) atoms. The largest absolute Gasteiger partial charge is 0.383 e. The van der Waals surface area contributed by atoms with Gasteiger partial charge in [-0.2, -0.15) is 0 Å². The Balaban J connectivity index is 2.29. The molecule has 4 heteroatoms. The first-order valence-electron chi connectivity index (χ1n) is 6.22. The molecule has 0 aliphatic carbocycles. The fourth-order valence-electron chi connectivity index (χ4n) is 1.88. The molecule has 96 valence electrons. The van der Waals surface area contributed by atoms with Crippen LogP contribution < -0.4 is 0 Å². The van der Waals surface area contributed by atoms with E-state index in [9.17, 15) is 5.11 Å². The Morgan fingerprint density at radius 2 is 1.89 bits per heavy atom. The summed E-state index contributed by atoms with van der Waals surface area (Å²) >= 11 is 1.28. The van der Waals surface area contributed by atoms with E-state index in [4.69, 9.17) is 0 Å². The zero-order valence-electron chi connectivity index (χ0n) is 10.9. The summed E-state index contributed by atoms with van der Waals surface area (Å²) in [6, 6.07) is 8.07. The first-order chi connectivity index (χ1) is 8.63. The van der Waals surface area contributed by atoms with Gasteiger partial charge in [0.1, 0.15) is 6.10 Å². The van der Waals surface area contributed by atoms with Crippen LogP contribution in [0.3, 0.4) is 0 Å². The third-order valence-electron chi connectivity index (χ3n) is 3.04. The van der Waals surface area contributed by atoms with Crippen molar-refractivity contribution in [3.05, 3.63) is 46.0 Å². The first kappa shape index (κ1) is 13.2. The highest BCUT2D eigenvalue weighted by Gasteiger charge is 2.20. The lowest BCUT2D eigenvalue weighted by molar-refractivity contribution is 0.222. The molecular formula is C14H18N2OS. The summed E-state index contributed by atoms with van der Waals surface area (Å²) in [5.74, 6) is 0.281. The fourth-order valence-corrected chi connectivity index (χ4v) is 2.70. The normalized spacial score (nSPS) is 12.9. The molecule has 0 radical (unpaired) electrons. The van der Waals surface area contributed by atoms with Gasteiger partial charge in [-0.1, -0.05) is 49.5 Å². The monoisotopic (exact) mass is 262 g/mol. The Hall–Kier alpha value is -1.26. The molecule has 0 saturated heterocycles. The lowest BCUT2D eigenvalue weighted by atomic mass is 10.0. The predicted molar refractivity (Wildman–Crippen MR) is 73.9 cm³/mol. The Morgan fingerprint density at radius 3 is 2.44 bits per heavy atom. The van der Waals surface area contributed by atoms with Crippen molar-refractivity contribution in [2.75, 3.05) is 0 Å². The SMILES string of the molecule is CCc1ccc(C(O)c2snnc2C(C)C)cc1. The smallest absolute Gasteiger partial charge is 0.117 e. The van der Waals surface area contributed by atoms with Crippen LogP contribution in [0.1, 0.15) is 54.5 Å². The minimum atomic E-state index is -0.617. The highest BCUT2D eigenvalue weighted by Crippen LogP contribution is 2.30. The van der Waals surface area contributed by atoms with Crippen molar-refractivity contribution in [3.63, 3.8) is 0 Å². The molecule has 1 N–H and O–H groups in total. The summed E-state index contributed by atoms with van der Waals surface area (Å²) in [4.78, 5) is 0.856. The second-order valence-corrected chi connectivity index (χ2v) is 5.46. The summed E-state index contributed by atoms with van der Waals surface area (Å²) in [6.45, 7) is 6.25. The van der Waals surface area contributed by atoms with Gasteiger partial charge in [0, 0.05) is 0 Å². The van der Waals surface area contributed by atoms with Gasteiger partial charge in [0.2, 0.25) is 0 Å². The molecule has 0 amide bonds. The Bertz CT molecular complexity index is 505. The van der Waals surface area contributed by atoms with E-state index in [1.54, 1.807) is 0 Å². The Morgan fingerprint density at radius 1 is 1.22 bits per heavy atom. The molecule has 0 spiro atoms. The number of hydrogen-bond acceptors (Lipinski definition) is 4. The van der Waals surface area contributed by atoms with Crippen molar-refractivity contribution in [2.45, 2.75) is 39.2 Å². The first-order valence-corrected chi connectivity index (χ1v) is 6.99. The standard InChI is InChI=1S/C14H18N2OS/c1-4-10-5-7-11(8-6-10)13(17)14-12(9(2)3)15-16-18-14/h5-9,13,17H,4H2,1-3H3. The molecule has 1 unspecified atom stereocenters. The van der Waals surface area contributed by atoms with Crippen molar-refractivity contribution in [1.29, 1.82) is 0 Å². The number of benzene rings is 1. The van der Waals surface area contributed by atoms with E-state index in [0.717, 1.165) is 22.6 Å². The summed E-state index contributed by atoms with van der Waals surface area (Å²) < 4.78 is 3.96. The number of aliphatic hydroxyl groups excluding tert-OH is 1. The maximum Gasteiger partial charge on any atom is 0.117 e. The van der Waals surface area contributed by atoms with Crippen molar-refractivity contribution < 1.29 is 5.11 Å². The predicted octanol–water partition coefficient (Wildman–Crippen LogP) is 3.31. The molecule has 1 aromatic carbocycles. The molecular weight excluding hydrogens is 244 g/mol. The molecule has 1 heterocycles. The molecule has 2 aromatic rings. The van der Waals surface area contributed by atoms with Crippen molar-refractivity contribution in [3.8, 4) is 0 Å². The number of aliphatic hydroxyl groups is 1. The van der Waals surface area contributed by atoms with Crippen LogP contribution in [-0.4, -0.2) is 14.7 Å². The molecule has 1 atom stereocenters. The second kappa shape index (κ2) is 5.59. The van der Waals surface area contributed by atoms with Crippen LogP contribution in [0.2, 0.25) is 0 Å². The number of rotatable bonds is 4. The van der Waals surface area contributed by atoms with Gasteiger partial charge in [-0.3, -0.25) is 0 Å². The maximum absolute atomic E-state index is 10.4. The molecule has 0 saturated carbocycles. The second-order valence-electron chi connectivity index (χ2n) is 4.67. The average molecular weight is 262 g/mol. The van der Waals surface area contributed by atoms with Crippen LogP contribution in [-0.2, 0) is 6.42 Å². The summed E-state index contributed by atoms with van der Waals surface area (Å²) in [5, 5.41) is 14.5. The molecule has 0 fully saturated rings.